The average Bonchev–Trinajstić information content (AvgIpc) is 2.83. The Balaban J connectivity index is 2.34. The predicted molar refractivity (Wildman–Crippen MR) is 66.7 cm³/mol. The van der Waals surface area contributed by atoms with Crippen LogP contribution in [0.4, 0.5) is 0 Å². The Morgan fingerprint density at radius 3 is 2.82 bits per heavy atom. The van der Waals surface area contributed by atoms with Gasteiger partial charge >= 0.3 is 0 Å². The third-order valence-corrected chi connectivity index (χ3v) is 6.31. The highest BCUT2D eigenvalue weighted by Crippen LogP contribution is 2.28. The summed E-state index contributed by atoms with van der Waals surface area (Å²) in [6.45, 7) is 0.364. The molecule has 1 aromatic rings. The van der Waals surface area contributed by atoms with Crippen LogP contribution < -0.4 is 0 Å². The molecule has 0 unspecified atom stereocenters. The molecule has 1 atom stereocenters. The fraction of sp³-hybridized carbons (Fsp3) is 0.500. The summed E-state index contributed by atoms with van der Waals surface area (Å²) < 4.78 is 26.1. The smallest absolute Gasteiger partial charge is 0.253 e. The fourth-order valence-corrected chi connectivity index (χ4v) is 5.01. The van der Waals surface area contributed by atoms with Gasteiger partial charge in [0.2, 0.25) is 5.24 Å². The van der Waals surface area contributed by atoms with E-state index in [4.69, 9.17) is 11.6 Å². The van der Waals surface area contributed by atoms with Crippen LogP contribution in [0.1, 0.15) is 19.3 Å². The number of carbonyl (C=O) groups excluding carboxylic acids is 1. The van der Waals surface area contributed by atoms with Gasteiger partial charge in [-0.1, -0.05) is 12.5 Å². The van der Waals surface area contributed by atoms with Gasteiger partial charge in [0.15, 0.2) is 0 Å². The highest BCUT2D eigenvalue weighted by atomic mass is 35.5. The molecule has 4 nitrogen and oxygen atoms in total. The molecule has 0 N–H and O–H groups in total. The zero-order valence-corrected chi connectivity index (χ0v) is 11.4. The molecule has 7 heteroatoms. The molecule has 2 heterocycles. The minimum absolute atomic E-state index is 0.266. The molecule has 94 valence electrons. The second-order valence-corrected chi connectivity index (χ2v) is 7.30. The van der Waals surface area contributed by atoms with E-state index in [9.17, 15) is 13.2 Å². The molecule has 1 aliphatic heterocycles. The lowest BCUT2D eigenvalue weighted by Gasteiger charge is -2.31. The van der Waals surface area contributed by atoms with E-state index in [2.05, 4.69) is 0 Å². The molecule has 0 bridgehead atoms. The molecule has 1 aromatic heterocycles. The molecule has 0 amide bonds. The topological polar surface area (TPSA) is 54.5 Å². The molecular weight excluding hydrogens is 282 g/mol. The van der Waals surface area contributed by atoms with Gasteiger partial charge in [-0.2, -0.15) is 4.31 Å². The van der Waals surface area contributed by atoms with Gasteiger partial charge in [-0.05, 0) is 35.9 Å². The number of hydrogen-bond acceptors (Lipinski definition) is 4. The maximum Gasteiger partial charge on any atom is 0.253 e. The summed E-state index contributed by atoms with van der Waals surface area (Å²) in [5.41, 5.74) is 0. The van der Waals surface area contributed by atoms with Gasteiger partial charge in [-0.25, -0.2) is 8.42 Å². The van der Waals surface area contributed by atoms with Crippen molar-refractivity contribution in [3.8, 4) is 0 Å². The first kappa shape index (κ1) is 13.0. The summed E-state index contributed by atoms with van der Waals surface area (Å²) in [5.74, 6) is 0. The Bertz CT molecular complexity index is 498. The quantitative estimate of drug-likeness (QED) is 0.802. The van der Waals surface area contributed by atoms with E-state index in [1.54, 1.807) is 17.5 Å². The number of rotatable bonds is 3. The standard InChI is InChI=1S/C10H12ClNO3S2/c11-10(13)8-4-1-2-6-12(8)17(14,15)9-5-3-7-16-9/h3,5,7-8H,1-2,4,6H2/t8-/m1/s1. The van der Waals surface area contributed by atoms with Crippen molar-refractivity contribution >= 4 is 38.2 Å². The zero-order valence-electron chi connectivity index (χ0n) is 9.00. The van der Waals surface area contributed by atoms with Crippen molar-refractivity contribution in [3.63, 3.8) is 0 Å². The summed E-state index contributed by atoms with van der Waals surface area (Å²) in [6.07, 6.45) is 2.11. The number of carbonyl (C=O) groups is 1. The Hall–Kier alpha value is -0.430. The second-order valence-electron chi connectivity index (χ2n) is 3.86. The first-order valence-electron chi connectivity index (χ1n) is 5.28. The van der Waals surface area contributed by atoms with Crippen molar-refractivity contribution in [2.75, 3.05) is 6.54 Å². The van der Waals surface area contributed by atoms with Gasteiger partial charge < -0.3 is 0 Å². The zero-order chi connectivity index (χ0) is 12.5. The van der Waals surface area contributed by atoms with E-state index < -0.39 is 21.3 Å². The van der Waals surface area contributed by atoms with Crippen molar-refractivity contribution in [2.24, 2.45) is 0 Å². The van der Waals surface area contributed by atoms with Crippen LogP contribution in [0.15, 0.2) is 21.7 Å². The molecule has 1 saturated heterocycles. The number of nitrogens with zero attached hydrogens (tertiary/aromatic N) is 1. The molecule has 0 spiro atoms. The number of halogens is 1. The summed E-state index contributed by atoms with van der Waals surface area (Å²) in [7, 11) is -3.57. The largest absolute Gasteiger partial charge is 0.279 e. The minimum Gasteiger partial charge on any atom is -0.279 e. The Morgan fingerprint density at radius 2 is 2.24 bits per heavy atom. The second kappa shape index (κ2) is 5.06. The van der Waals surface area contributed by atoms with Crippen LogP contribution in [0.25, 0.3) is 0 Å². The van der Waals surface area contributed by atoms with Crippen LogP contribution in [0, 0.1) is 0 Å². The van der Waals surface area contributed by atoms with E-state index in [0.29, 0.717) is 13.0 Å². The lowest BCUT2D eigenvalue weighted by molar-refractivity contribution is -0.115. The highest BCUT2D eigenvalue weighted by molar-refractivity contribution is 7.91. The van der Waals surface area contributed by atoms with Crippen molar-refractivity contribution in [1.29, 1.82) is 0 Å². The third kappa shape index (κ3) is 2.54. The maximum atomic E-state index is 12.3. The third-order valence-electron chi connectivity index (χ3n) is 2.77. The lowest BCUT2D eigenvalue weighted by atomic mass is 10.1. The van der Waals surface area contributed by atoms with Crippen molar-refractivity contribution in [2.45, 2.75) is 29.5 Å². The monoisotopic (exact) mass is 293 g/mol. The van der Waals surface area contributed by atoms with Crippen LogP contribution in [0.2, 0.25) is 0 Å². The SMILES string of the molecule is O=C(Cl)[C@H]1CCCCN1S(=O)(=O)c1cccs1. The van der Waals surface area contributed by atoms with Gasteiger partial charge in [-0.15, -0.1) is 11.3 Å². The van der Waals surface area contributed by atoms with Crippen LogP contribution in [-0.2, 0) is 14.8 Å². The first-order chi connectivity index (χ1) is 8.03. The highest BCUT2D eigenvalue weighted by Gasteiger charge is 2.37. The average molecular weight is 294 g/mol. The fourth-order valence-electron chi connectivity index (χ4n) is 1.95. The van der Waals surface area contributed by atoms with E-state index in [1.807, 2.05) is 0 Å². The summed E-state index contributed by atoms with van der Waals surface area (Å²) in [6, 6.07) is 2.51. The molecule has 0 radical (unpaired) electrons. The first-order valence-corrected chi connectivity index (χ1v) is 7.98. The Kier molecular flexibility index (Phi) is 3.87. The summed E-state index contributed by atoms with van der Waals surface area (Å²) >= 11 is 6.63. The van der Waals surface area contributed by atoms with E-state index in [0.717, 1.165) is 24.2 Å². The van der Waals surface area contributed by atoms with Crippen LogP contribution in [0.5, 0.6) is 0 Å². The molecule has 2 rings (SSSR count). The van der Waals surface area contributed by atoms with Crippen molar-refractivity contribution in [1.82, 2.24) is 4.31 Å². The van der Waals surface area contributed by atoms with Crippen molar-refractivity contribution < 1.29 is 13.2 Å². The summed E-state index contributed by atoms with van der Waals surface area (Å²) in [5, 5.41) is 1.11. The predicted octanol–water partition coefficient (Wildman–Crippen LogP) is 2.06. The normalized spacial score (nSPS) is 22.5. The van der Waals surface area contributed by atoms with Crippen LogP contribution in [-0.4, -0.2) is 30.6 Å². The Morgan fingerprint density at radius 1 is 1.47 bits per heavy atom. The molecule has 0 aromatic carbocycles. The molecule has 1 fully saturated rings. The number of hydrogen-bond donors (Lipinski definition) is 0. The lowest BCUT2D eigenvalue weighted by Crippen LogP contribution is -2.46. The minimum atomic E-state index is -3.57. The Labute approximate surface area is 109 Å². The van der Waals surface area contributed by atoms with Gasteiger partial charge in [0.05, 0.1) is 6.04 Å². The molecule has 0 saturated carbocycles. The van der Waals surface area contributed by atoms with E-state index in [1.165, 1.54) is 4.31 Å². The molecule has 1 aliphatic rings. The van der Waals surface area contributed by atoms with Gasteiger partial charge in [-0.3, -0.25) is 4.79 Å². The molecule has 0 aliphatic carbocycles. The van der Waals surface area contributed by atoms with Crippen molar-refractivity contribution in [3.05, 3.63) is 17.5 Å². The maximum absolute atomic E-state index is 12.3. The number of sulfonamides is 1. The summed E-state index contributed by atoms with van der Waals surface area (Å²) in [4.78, 5) is 11.3. The molecular formula is C10H12ClNO3S2. The van der Waals surface area contributed by atoms with Gasteiger partial charge in [0, 0.05) is 6.54 Å². The van der Waals surface area contributed by atoms with E-state index >= 15 is 0 Å². The van der Waals surface area contributed by atoms with Gasteiger partial charge in [0.25, 0.3) is 10.0 Å². The molecule has 17 heavy (non-hydrogen) atoms. The van der Waals surface area contributed by atoms with Crippen LogP contribution in [0.3, 0.4) is 0 Å². The van der Waals surface area contributed by atoms with E-state index in [-0.39, 0.29) is 4.21 Å². The number of thiophene rings is 1. The van der Waals surface area contributed by atoms with Crippen LogP contribution >= 0.6 is 22.9 Å². The van der Waals surface area contributed by atoms with Gasteiger partial charge in [0.1, 0.15) is 4.21 Å². The number of piperidine rings is 1.